The monoisotopic (exact) mass is 604 g/mol. The number of carboxylic acids is 1. The molecule has 0 spiro atoms. The van der Waals surface area contributed by atoms with Gasteiger partial charge in [0, 0.05) is 60.3 Å². The van der Waals surface area contributed by atoms with Crippen LogP contribution >= 0.6 is 23.2 Å². The van der Waals surface area contributed by atoms with E-state index in [1.54, 1.807) is 31.2 Å². The standard InChI is InChI=1S/C29H35Cl2FN6O3/c1-19(17-34-29(33-2)38-10-8-36(3)9-11-38)41-28-27(32)22(18-37-6-4-20(5-7-37)12-26(39)40)15-25(35-28)21-13-23(30)16-24(31)14-21/h13-17,20H,2,4-12,18H2,1,3H3,(H,39,40)/b19-17+,34-29+. The summed E-state index contributed by atoms with van der Waals surface area (Å²) >= 11 is 12.5. The Kier molecular flexibility index (Phi) is 10.7. The topological polar surface area (TPSA) is 93.9 Å². The van der Waals surface area contributed by atoms with Gasteiger partial charge in [0.2, 0.25) is 5.96 Å². The summed E-state index contributed by atoms with van der Waals surface area (Å²) in [6, 6.07) is 6.72. The predicted octanol–water partition coefficient (Wildman–Crippen LogP) is 5.43. The lowest BCUT2D eigenvalue weighted by Gasteiger charge is -2.32. The van der Waals surface area contributed by atoms with Crippen LogP contribution in [0.2, 0.25) is 10.0 Å². The van der Waals surface area contributed by atoms with E-state index in [1.165, 1.54) is 6.20 Å². The van der Waals surface area contributed by atoms with E-state index in [9.17, 15) is 4.79 Å². The number of hydrogen-bond donors (Lipinski definition) is 1. The van der Waals surface area contributed by atoms with Crippen molar-refractivity contribution < 1.29 is 19.0 Å². The SMILES string of the molecule is C=N/C(=N\C=C(/C)Oc1nc(-c2cc(Cl)cc(Cl)c2)cc(CN2CCC(CC(=O)O)CC2)c1F)N1CCN(C)CC1. The fourth-order valence-electron chi connectivity index (χ4n) is 4.98. The highest BCUT2D eigenvalue weighted by Gasteiger charge is 2.24. The van der Waals surface area contributed by atoms with E-state index in [4.69, 9.17) is 33.0 Å². The Balaban J connectivity index is 1.59. The summed E-state index contributed by atoms with van der Waals surface area (Å²) < 4.78 is 21.7. The first-order valence-corrected chi connectivity index (χ1v) is 14.3. The number of pyridine rings is 1. The van der Waals surface area contributed by atoms with E-state index in [-0.39, 0.29) is 18.2 Å². The van der Waals surface area contributed by atoms with Crippen LogP contribution in [0.5, 0.6) is 5.88 Å². The van der Waals surface area contributed by atoms with Crippen molar-refractivity contribution in [3.63, 3.8) is 0 Å². The first-order chi connectivity index (χ1) is 19.6. The second-order valence-corrected chi connectivity index (χ2v) is 11.4. The molecule has 1 N–H and O–H groups in total. The summed E-state index contributed by atoms with van der Waals surface area (Å²) in [7, 11) is 2.07. The lowest BCUT2D eigenvalue weighted by Crippen LogP contribution is -2.46. The van der Waals surface area contributed by atoms with Crippen LogP contribution < -0.4 is 4.74 Å². The van der Waals surface area contributed by atoms with Crippen molar-refractivity contribution in [2.75, 3.05) is 46.3 Å². The molecule has 220 valence electrons. The molecule has 1 aromatic carbocycles. The number of hydrogen-bond acceptors (Lipinski definition) is 6. The van der Waals surface area contributed by atoms with Crippen LogP contribution in [0.15, 0.2) is 46.2 Å². The summed E-state index contributed by atoms with van der Waals surface area (Å²) in [5, 5.41) is 9.98. The number of carbonyl (C=O) groups is 1. The van der Waals surface area contributed by atoms with Crippen LogP contribution in [0.4, 0.5) is 4.39 Å². The zero-order chi connectivity index (χ0) is 29.5. The molecule has 2 saturated heterocycles. The molecule has 2 aliphatic rings. The van der Waals surface area contributed by atoms with Gasteiger partial charge in [-0.25, -0.2) is 19.4 Å². The van der Waals surface area contributed by atoms with Gasteiger partial charge < -0.3 is 19.6 Å². The molecule has 2 aliphatic heterocycles. The molecule has 0 atom stereocenters. The molecular weight excluding hydrogens is 570 g/mol. The van der Waals surface area contributed by atoms with Crippen LogP contribution in [-0.4, -0.2) is 89.8 Å². The number of nitrogens with zero attached hydrogens (tertiary/aromatic N) is 6. The lowest BCUT2D eigenvalue weighted by atomic mass is 9.93. The number of guanidine groups is 1. The van der Waals surface area contributed by atoms with Gasteiger partial charge in [-0.2, -0.15) is 0 Å². The largest absolute Gasteiger partial charge is 0.481 e. The van der Waals surface area contributed by atoms with Crippen LogP contribution in [0.1, 0.15) is 31.7 Å². The lowest BCUT2D eigenvalue weighted by molar-refractivity contribution is -0.138. The summed E-state index contributed by atoms with van der Waals surface area (Å²) in [5.74, 6) is -0.624. The van der Waals surface area contributed by atoms with Gasteiger partial charge >= 0.3 is 5.97 Å². The summed E-state index contributed by atoms with van der Waals surface area (Å²) in [5.41, 5.74) is 1.49. The third-order valence-corrected chi connectivity index (χ3v) is 7.71. The Bertz CT molecular complexity index is 1300. The van der Waals surface area contributed by atoms with Gasteiger partial charge in [0.05, 0.1) is 11.9 Å². The molecule has 3 heterocycles. The van der Waals surface area contributed by atoms with E-state index >= 15 is 4.39 Å². The summed E-state index contributed by atoms with van der Waals surface area (Å²) in [6.07, 6.45) is 3.12. The number of piperidine rings is 1. The maximum atomic E-state index is 15.8. The van der Waals surface area contributed by atoms with Gasteiger partial charge in [-0.15, -0.1) is 0 Å². The van der Waals surface area contributed by atoms with Crippen molar-refractivity contribution in [2.24, 2.45) is 15.9 Å². The van der Waals surface area contributed by atoms with Gasteiger partial charge in [-0.1, -0.05) is 23.2 Å². The fraction of sp³-hybridized carbons (Fsp3) is 0.448. The van der Waals surface area contributed by atoms with Crippen LogP contribution in [0.3, 0.4) is 0 Å². The van der Waals surface area contributed by atoms with Crippen molar-refractivity contribution in [1.29, 1.82) is 0 Å². The first-order valence-electron chi connectivity index (χ1n) is 13.5. The number of ether oxygens (including phenoxy) is 1. The maximum Gasteiger partial charge on any atom is 0.303 e. The molecule has 0 unspecified atom stereocenters. The van der Waals surface area contributed by atoms with Gasteiger partial charge in [0.1, 0.15) is 5.76 Å². The molecule has 0 radical (unpaired) electrons. The second-order valence-electron chi connectivity index (χ2n) is 10.5. The van der Waals surface area contributed by atoms with Crippen molar-refractivity contribution in [1.82, 2.24) is 19.7 Å². The zero-order valence-corrected chi connectivity index (χ0v) is 24.8. The van der Waals surface area contributed by atoms with E-state index in [0.29, 0.717) is 58.2 Å². The number of likely N-dealkylation sites (N-methyl/N-ethyl adjacent to an activating group) is 1. The molecule has 0 bridgehead atoms. The Hall–Kier alpha value is -3.05. The van der Waals surface area contributed by atoms with E-state index < -0.39 is 11.8 Å². The molecule has 0 amide bonds. The van der Waals surface area contributed by atoms with Crippen molar-refractivity contribution in [2.45, 2.75) is 32.7 Å². The minimum absolute atomic E-state index is 0.128. The van der Waals surface area contributed by atoms with Gasteiger partial charge in [0.25, 0.3) is 5.88 Å². The fourth-order valence-corrected chi connectivity index (χ4v) is 5.51. The average molecular weight is 606 g/mol. The highest BCUT2D eigenvalue weighted by Crippen LogP contribution is 2.32. The number of rotatable bonds is 8. The molecule has 4 rings (SSSR count). The number of halogens is 3. The molecule has 0 saturated carbocycles. The Morgan fingerprint density at radius 1 is 1.15 bits per heavy atom. The van der Waals surface area contributed by atoms with Gasteiger partial charge in [-0.3, -0.25) is 9.69 Å². The molecular formula is C29H35Cl2FN6O3. The number of likely N-dealkylation sites (tertiary alicyclic amines) is 1. The number of aromatic nitrogens is 1. The highest BCUT2D eigenvalue weighted by molar-refractivity contribution is 6.35. The molecule has 41 heavy (non-hydrogen) atoms. The van der Waals surface area contributed by atoms with E-state index in [0.717, 1.165) is 39.0 Å². The maximum absolute atomic E-state index is 15.8. The van der Waals surface area contributed by atoms with E-state index in [2.05, 4.69) is 38.5 Å². The average Bonchev–Trinajstić information content (AvgIpc) is 2.92. The number of benzene rings is 1. The minimum atomic E-state index is -0.789. The summed E-state index contributed by atoms with van der Waals surface area (Å²) in [4.78, 5) is 30.4. The highest BCUT2D eigenvalue weighted by atomic mass is 35.5. The predicted molar refractivity (Wildman–Crippen MR) is 160 cm³/mol. The van der Waals surface area contributed by atoms with Crippen molar-refractivity contribution in [3.8, 4) is 17.1 Å². The Morgan fingerprint density at radius 3 is 2.41 bits per heavy atom. The van der Waals surface area contributed by atoms with Crippen LogP contribution in [0.25, 0.3) is 11.3 Å². The molecule has 12 heteroatoms. The molecule has 0 aliphatic carbocycles. The Labute approximate surface area is 249 Å². The molecule has 2 fully saturated rings. The number of piperazine rings is 1. The van der Waals surface area contributed by atoms with Gasteiger partial charge in [-0.05, 0) is 76.8 Å². The zero-order valence-electron chi connectivity index (χ0n) is 23.3. The van der Waals surface area contributed by atoms with Gasteiger partial charge in [0.15, 0.2) is 5.82 Å². The smallest absolute Gasteiger partial charge is 0.303 e. The third-order valence-electron chi connectivity index (χ3n) is 7.27. The first kappa shape index (κ1) is 30.9. The molecule has 9 nitrogen and oxygen atoms in total. The number of aliphatic carboxylic acids is 1. The Morgan fingerprint density at radius 2 is 1.80 bits per heavy atom. The van der Waals surface area contributed by atoms with Crippen molar-refractivity contribution in [3.05, 3.63) is 57.7 Å². The normalized spacial score (nSPS) is 18.0. The number of carboxylic acid groups (broad SMARTS) is 1. The summed E-state index contributed by atoms with van der Waals surface area (Å²) in [6.45, 7) is 10.3. The van der Waals surface area contributed by atoms with Crippen molar-refractivity contribution >= 4 is 41.8 Å². The minimum Gasteiger partial charge on any atom is -0.481 e. The van der Waals surface area contributed by atoms with Crippen LogP contribution in [-0.2, 0) is 11.3 Å². The van der Waals surface area contributed by atoms with E-state index in [1.807, 2.05) is 4.90 Å². The number of aliphatic imine (C=N–C) groups is 2. The number of allylic oxidation sites excluding steroid dienone is 1. The molecule has 2 aromatic rings. The quantitative estimate of drug-likeness (QED) is 0.244. The second kappa shape index (κ2) is 14.2. The third kappa shape index (κ3) is 8.72. The molecule has 1 aromatic heterocycles. The van der Waals surface area contributed by atoms with Crippen LogP contribution in [0, 0.1) is 11.7 Å².